The fraction of sp³-hybridized carbons (Fsp3) is 0.533. The van der Waals surface area contributed by atoms with Crippen LogP contribution in [0.2, 0.25) is 6.04 Å². The summed E-state index contributed by atoms with van der Waals surface area (Å²) in [5.74, 6) is -12.9. The van der Waals surface area contributed by atoms with Gasteiger partial charge in [0.15, 0.2) is 0 Å². The number of ether oxygens (including phenoxy) is 1. The van der Waals surface area contributed by atoms with Gasteiger partial charge in [0.1, 0.15) is 0 Å². The number of hydrogen-bond donors (Lipinski definition) is 2. The number of carbonyl (C=O) groups excluding carboxylic acids is 1. The fourth-order valence-electron chi connectivity index (χ4n) is 2.10. The molecule has 2 N–H and O–H groups in total. The molecule has 0 spiro atoms. The van der Waals surface area contributed by atoms with Gasteiger partial charge in [-0.05, 0) is 26.7 Å². The van der Waals surface area contributed by atoms with Crippen LogP contribution in [0.5, 0.6) is 5.75 Å². The lowest BCUT2D eigenvalue weighted by Crippen LogP contribution is -2.42. The highest BCUT2D eigenvalue weighted by Crippen LogP contribution is 2.29. The van der Waals surface area contributed by atoms with Crippen LogP contribution in [-0.4, -0.2) is 39.5 Å². The minimum atomic E-state index is -3.28. The summed E-state index contributed by atoms with van der Waals surface area (Å²) in [6, 6.07) is 0.225. The molecule has 1 aromatic rings. The van der Waals surface area contributed by atoms with Crippen LogP contribution >= 0.6 is 0 Å². The molecule has 6 nitrogen and oxygen atoms in total. The monoisotopic (exact) mass is 417 g/mol. The number of unbranched alkanes of at least 4 members (excludes halogenated alkanes) is 1. The van der Waals surface area contributed by atoms with Gasteiger partial charge in [0.05, 0.1) is 0 Å². The van der Waals surface area contributed by atoms with Crippen molar-refractivity contribution in [2.24, 2.45) is 0 Å². The maximum Gasteiger partial charge on any atom is 0.498 e. The molecule has 0 heterocycles. The Morgan fingerprint density at radius 3 is 1.89 bits per heavy atom. The summed E-state index contributed by atoms with van der Waals surface area (Å²) in [7, 11) is -3.28. The molecule has 12 heteroatoms. The molecule has 1 aromatic carbocycles. The van der Waals surface area contributed by atoms with Crippen molar-refractivity contribution in [3.05, 3.63) is 29.1 Å². The van der Waals surface area contributed by atoms with Crippen molar-refractivity contribution >= 4 is 14.9 Å². The van der Waals surface area contributed by atoms with Crippen LogP contribution in [0, 0.1) is 29.1 Å². The first kappa shape index (κ1) is 23.3. The molecule has 0 radical (unpaired) electrons. The Hall–Kier alpha value is -1.76. The highest BCUT2D eigenvalue weighted by atomic mass is 28.4. The molecule has 0 saturated carbocycles. The van der Waals surface area contributed by atoms with Gasteiger partial charge in [0, 0.05) is 25.8 Å². The molecule has 0 aliphatic heterocycles. The third-order valence-corrected chi connectivity index (χ3v) is 5.76. The second kappa shape index (κ2) is 10.5. The Kier molecular flexibility index (Phi) is 9.09. The van der Waals surface area contributed by atoms with E-state index in [1.165, 1.54) is 0 Å². The number of hydrogen-bond acceptors (Lipinski definition) is 5. The lowest BCUT2D eigenvalue weighted by Gasteiger charge is -2.22. The molecule has 1 amide bonds. The van der Waals surface area contributed by atoms with E-state index in [9.17, 15) is 31.5 Å². The van der Waals surface area contributed by atoms with Crippen molar-refractivity contribution in [3.8, 4) is 5.75 Å². The first-order valence-corrected chi connectivity index (χ1v) is 10.1. The lowest BCUT2D eigenvalue weighted by atomic mass is 10.2. The van der Waals surface area contributed by atoms with Gasteiger partial charge >= 0.3 is 14.9 Å². The van der Waals surface area contributed by atoms with Gasteiger partial charge in [0.2, 0.25) is 34.8 Å². The number of halogens is 5. The zero-order chi connectivity index (χ0) is 20.6. The number of carbonyl (C=O) groups is 1. The molecule has 0 saturated heterocycles. The van der Waals surface area contributed by atoms with Crippen molar-refractivity contribution in [2.45, 2.75) is 32.7 Å². The molecule has 0 unspecified atom stereocenters. The number of nitrogens with one attached hydrogen (secondary N) is 1. The predicted molar refractivity (Wildman–Crippen MR) is 85.5 cm³/mol. The molecule has 27 heavy (non-hydrogen) atoms. The molecule has 0 aliphatic carbocycles. The molecular formula is C15H20F5NO5Si. The van der Waals surface area contributed by atoms with Crippen LogP contribution in [0.3, 0.4) is 0 Å². The summed E-state index contributed by atoms with van der Waals surface area (Å²) in [6.45, 7) is 3.92. The van der Waals surface area contributed by atoms with E-state index < -0.39 is 49.7 Å². The van der Waals surface area contributed by atoms with E-state index in [-0.39, 0.29) is 25.8 Å². The molecule has 1 rings (SSSR count). The van der Waals surface area contributed by atoms with E-state index in [1.54, 1.807) is 13.8 Å². The maximum atomic E-state index is 13.4. The van der Waals surface area contributed by atoms with Crippen LogP contribution in [0.15, 0.2) is 0 Å². The summed E-state index contributed by atoms with van der Waals surface area (Å²) in [5.41, 5.74) is 0. The first-order chi connectivity index (χ1) is 12.7. The molecule has 0 atom stereocenters. The van der Waals surface area contributed by atoms with Crippen LogP contribution in [-0.2, 0) is 8.85 Å². The Balaban J connectivity index is 2.51. The average molecular weight is 417 g/mol. The van der Waals surface area contributed by atoms with E-state index >= 15 is 0 Å². The Morgan fingerprint density at radius 1 is 0.926 bits per heavy atom. The minimum Gasteiger partial charge on any atom is -0.404 e. The SMILES string of the molecule is CCO[Si](O)(CCCCNC(=O)Oc1c(F)c(F)c(F)c(F)c1F)OCC. The highest BCUT2D eigenvalue weighted by Gasteiger charge is 2.35. The van der Waals surface area contributed by atoms with Crippen LogP contribution in [0.25, 0.3) is 0 Å². The van der Waals surface area contributed by atoms with Gasteiger partial charge < -0.3 is 23.7 Å². The Labute approximate surface area is 153 Å². The van der Waals surface area contributed by atoms with Crippen molar-refractivity contribution < 1.29 is 45.1 Å². The first-order valence-electron chi connectivity index (χ1n) is 8.14. The normalized spacial score (nSPS) is 11.6. The second-order valence-electron chi connectivity index (χ2n) is 5.25. The number of amides is 1. The maximum absolute atomic E-state index is 13.4. The lowest BCUT2D eigenvalue weighted by molar-refractivity contribution is 0.107. The second-order valence-corrected chi connectivity index (χ2v) is 7.75. The fourth-order valence-corrected chi connectivity index (χ4v) is 4.08. The van der Waals surface area contributed by atoms with E-state index in [4.69, 9.17) is 8.85 Å². The quantitative estimate of drug-likeness (QED) is 0.201. The largest absolute Gasteiger partial charge is 0.498 e. The van der Waals surface area contributed by atoms with Gasteiger partial charge in [-0.15, -0.1) is 0 Å². The zero-order valence-electron chi connectivity index (χ0n) is 14.7. The smallest absolute Gasteiger partial charge is 0.404 e. The third-order valence-electron chi connectivity index (χ3n) is 3.29. The average Bonchev–Trinajstić information content (AvgIpc) is 2.62. The van der Waals surface area contributed by atoms with Crippen molar-refractivity contribution in [3.63, 3.8) is 0 Å². The topological polar surface area (TPSA) is 77.0 Å². The Morgan fingerprint density at radius 2 is 1.41 bits per heavy atom. The van der Waals surface area contributed by atoms with Crippen LogP contribution in [0.1, 0.15) is 26.7 Å². The highest BCUT2D eigenvalue weighted by molar-refractivity contribution is 6.59. The van der Waals surface area contributed by atoms with E-state index in [0.29, 0.717) is 12.8 Å². The molecule has 0 bridgehead atoms. The van der Waals surface area contributed by atoms with Crippen LogP contribution in [0.4, 0.5) is 26.7 Å². The minimum absolute atomic E-state index is 0.0308. The van der Waals surface area contributed by atoms with Gasteiger partial charge in [-0.3, -0.25) is 0 Å². The van der Waals surface area contributed by atoms with E-state index in [1.807, 2.05) is 0 Å². The summed E-state index contributed by atoms with van der Waals surface area (Å²) >= 11 is 0. The summed E-state index contributed by atoms with van der Waals surface area (Å²) < 4.78 is 80.4. The molecular weight excluding hydrogens is 397 g/mol. The molecule has 154 valence electrons. The van der Waals surface area contributed by atoms with E-state index in [0.717, 1.165) is 0 Å². The number of benzene rings is 1. The van der Waals surface area contributed by atoms with Gasteiger partial charge in [0.25, 0.3) is 0 Å². The van der Waals surface area contributed by atoms with Gasteiger partial charge in [-0.2, -0.15) is 8.78 Å². The van der Waals surface area contributed by atoms with Crippen molar-refractivity contribution in [1.29, 1.82) is 0 Å². The molecule has 0 aromatic heterocycles. The van der Waals surface area contributed by atoms with Crippen molar-refractivity contribution in [1.82, 2.24) is 5.32 Å². The van der Waals surface area contributed by atoms with E-state index in [2.05, 4.69) is 10.1 Å². The van der Waals surface area contributed by atoms with Gasteiger partial charge in [-0.1, -0.05) is 0 Å². The standard InChI is InChI=1S/C15H20F5NO5Si/c1-3-24-27(23,25-4-2)8-6-5-7-21-15(22)26-14-12(19)10(17)9(16)11(18)13(14)20/h23H,3-8H2,1-2H3,(H,21,22). The summed E-state index contributed by atoms with van der Waals surface area (Å²) in [6.07, 6.45) is -0.673. The summed E-state index contributed by atoms with van der Waals surface area (Å²) in [5, 5.41) is 2.11. The van der Waals surface area contributed by atoms with Crippen molar-refractivity contribution in [2.75, 3.05) is 19.8 Å². The molecule has 0 aliphatic rings. The number of rotatable bonds is 10. The summed E-state index contributed by atoms with van der Waals surface area (Å²) in [4.78, 5) is 21.6. The molecule has 0 fully saturated rings. The zero-order valence-corrected chi connectivity index (χ0v) is 15.7. The predicted octanol–water partition coefficient (Wildman–Crippen LogP) is 3.25. The third kappa shape index (κ3) is 6.41. The Bertz CT molecular complexity index is 629. The van der Waals surface area contributed by atoms with Gasteiger partial charge in [-0.25, -0.2) is 18.0 Å². The van der Waals surface area contributed by atoms with Crippen LogP contribution < -0.4 is 10.1 Å².